The standard InChI is InChI=1S/C18H22N2O4S/c1-13-9-10-16(11-17(13)18(21)22)25(23,24)19-12-14(2)20(3)15-7-5-4-6-8-15/h4-11,14,19H,12H2,1-3H3,(H,21,22). The molecule has 2 aromatic rings. The van der Waals surface area contributed by atoms with Gasteiger partial charge in [0.05, 0.1) is 10.5 Å². The second kappa shape index (κ2) is 7.67. The highest BCUT2D eigenvalue weighted by Crippen LogP contribution is 2.17. The van der Waals surface area contributed by atoms with Crippen LogP contribution in [0.2, 0.25) is 0 Å². The molecule has 0 saturated heterocycles. The van der Waals surface area contributed by atoms with Gasteiger partial charge in [0, 0.05) is 25.3 Å². The zero-order chi connectivity index (χ0) is 18.6. The van der Waals surface area contributed by atoms with E-state index < -0.39 is 16.0 Å². The number of aromatic carboxylic acids is 1. The number of nitrogens with zero attached hydrogens (tertiary/aromatic N) is 1. The van der Waals surface area contributed by atoms with Crippen molar-refractivity contribution in [2.24, 2.45) is 0 Å². The fourth-order valence-corrected chi connectivity index (χ4v) is 3.51. The number of para-hydroxylation sites is 1. The van der Waals surface area contributed by atoms with Gasteiger partial charge in [-0.25, -0.2) is 17.9 Å². The molecule has 1 unspecified atom stereocenters. The molecule has 0 aromatic heterocycles. The number of hydrogen-bond acceptors (Lipinski definition) is 4. The van der Waals surface area contributed by atoms with Gasteiger partial charge in [-0.1, -0.05) is 24.3 Å². The van der Waals surface area contributed by atoms with Crippen molar-refractivity contribution in [2.45, 2.75) is 24.8 Å². The monoisotopic (exact) mass is 362 g/mol. The number of aryl methyl sites for hydroxylation is 1. The maximum absolute atomic E-state index is 12.5. The van der Waals surface area contributed by atoms with Crippen molar-refractivity contribution in [3.8, 4) is 0 Å². The van der Waals surface area contributed by atoms with Gasteiger partial charge in [0.1, 0.15) is 0 Å². The zero-order valence-corrected chi connectivity index (χ0v) is 15.2. The quantitative estimate of drug-likeness (QED) is 0.790. The molecule has 0 radical (unpaired) electrons. The Morgan fingerprint density at radius 1 is 1.20 bits per heavy atom. The lowest BCUT2D eigenvalue weighted by molar-refractivity contribution is 0.0696. The predicted molar refractivity (Wildman–Crippen MR) is 97.6 cm³/mol. The molecule has 2 rings (SSSR count). The van der Waals surface area contributed by atoms with Crippen LogP contribution < -0.4 is 9.62 Å². The van der Waals surface area contributed by atoms with Crippen LogP contribution in [0.25, 0.3) is 0 Å². The maximum atomic E-state index is 12.5. The highest BCUT2D eigenvalue weighted by molar-refractivity contribution is 7.89. The minimum absolute atomic E-state index is 0.0164. The molecule has 0 saturated carbocycles. The molecule has 0 amide bonds. The van der Waals surface area contributed by atoms with Crippen LogP contribution in [-0.4, -0.2) is 39.1 Å². The zero-order valence-electron chi connectivity index (χ0n) is 14.4. The number of nitrogens with one attached hydrogen (secondary N) is 1. The number of carboxylic acid groups (broad SMARTS) is 1. The van der Waals surface area contributed by atoms with E-state index in [0.29, 0.717) is 5.56 Å². The van der Waals surface area contributed by atoms with Crippen molar-refractivity contribution in [2.75, 3.05) is 18.5 Å². The van der Waals surface area contributed by atoms with E-state index >= 15 is 0 Å². The van der Waals surface area contributed by atoms with E-state index in [1.165, 1.54) is 18.2 Å². The molecular formula is C18H22N2O4S. The highest BCUT2D eigenvalue weighted by atomic mass is 32.2. The van der Waals surface area contributed by atoms with Crippen LogP contribution in [0.4, 0.5) is 5.69 Å². The Morgan fingerprint density at radius 2 is 1.84 bits per heavy atom. The van der Waals surface area contributed by atoms with E-state index in [0.717, 1.165) is 5.69 Å². The lowest BCUT2D eigenvalue weighted by Crippen LogP contribution is -2.40. The summed E-state index contributed by atoms with van der Waals surface area (Å²) in [4.78, 5) is 13.1. The van der Waals surface area contributed by atoms with Gasteiger partial charge in [-0.05, 0) is 43.7 Å². The van der Waals surface area contributed by atoms with E-state index in [1.807, 2.05) is 49.2 Å². The molecular weight excluding hydrogens is 340 g/mol. The van der Waals surface area contributed by atoms with Crippen molar-refractivity contribution in [3.05, 3.63) is 59.7 Å². The Bertz CT molecular complexity index is 851. The average molecular weight is 362 g/mol. The minimum Gasteiger partial charge on any atom is -0.478 e. The minimum atomic E-state index is -3.78. The summed E-state index contributed by atoms with van der Waals surface area (Å²) in [6.07, 6.45) is 0. The van der Waals surface area contributed by atoms with Gasteiger partial charge >= 0.3 is 5.97 Å². The van der Waals surface area contributed by atoms with Crippen LogP contribution in [0.15, 0.2) is 53.4 Å². The van der Waals surface area contributed by atoms with Crippen LogP contribution in [0.5, 0.6) is 0 Å². The van der Waals surface area contributed by atoms with Crippen LogP contribution >= 0.6 is 0 Å². The summed E-state index contributed by atoms with van der Waals surface area (Å²) in [7, 11) is -1.89. The number of benzene rings is 2. The molecule has 6 nitrogen and oxygen atoms in total. The van der Waals surface area contributed by atoms with E-state index in [-0.39, 0.29) is 23.0 Å². The van der Waals surface area contributed by atoms with Crippen LogP contribution in [0.1, 0.15) is 22.8 Å². The van der Waals surface area contributed by atoms with Gasteiger partial charge in [0.15, 0.2) is 0 Å². The second-order valence-electron chi connectivity index (χ2n) is 5.93. The number of anilines is 1. The summed E-state index contributed by atoms with van der Waals surface area (Å²) < 4.78 is 27.5. The fraction of sp³-hybridized carbons (Fsp3) is 0.278. The Hall–Kier alpha value is -2.38. The molecule has 134 valence electrons. The third kappa shape index (κ3) is 4.58. The van der Waals surface area contributed by atoms with Crippen molar-refractivity contribution in [1.29, 1.82) is 0 Å². The average Bonchev–Trinajstić information content (AvgIpc) is 2.59. The van der Waals surface area contributed by atoms with Gasteiger partial charge in [-0.3, -0.25) is 0 Å². The molecule has 0 aliphatic carbocycles. The first-order chi connectivity index (χ1) is 11.7. The van der Waals surface area contributed by atoms with E-state index in [4.69, 9.17) is 5.11 Å². The smallest absolute Gasteiger partial charge is 0.335 e. The van der Waals surface area contributed by atoms with Gasteiger partial charge in [-0.2, -0.15) is 0 Å². The molecule has 0 heterocycles. The number of sulfonamides is 1. The molecule has 0 aliphatic rings. The van der Waals surface area contributed by atoms with Crippen LogP contribution in [-0.2, 0) is 10.0 Å². The molecule has 0 fully saturated rings. The Morgan fingerprint density at radius 3 is 2.44 bits per heavy atom. The number of carbonyl (C=O) groups is 1. The Kier molecular flexibility index (Phi) is 5.81. The van der Waals surface area contributed by atoms with Crippen molar-refractivity contribution < 1.29 is 18.3 Å². The molecule has 0 aliphatic heterocycles. The molecule has 0 spiro atoms. The normalized spacial score (nSPS) is 12.6. The largest absolute Gasteiger partial charge is 0.478 e. The van der Waals surface area contributed by atoms with Gasteiger partial charge in [0.2, 0.25) is 10.0 Å². The maximum Gasteiger partial charge on any atom is 0.335 e. The van der Waals surface area contributed by atoms with Gasteiger partial charge in [0.25, 0.3) is 0 Å². The SMILES string of the molecule is Cc1ccc(S(=O)(=O)NCC(C)N(C)c2ccccc2)cc1C(=O)O. The number of hydrogen-bond donors (Lipinski definition) is 2. The molecule has 0 bridgehead atoms. The number of rotatable bonds is 7. The first-order valence-corrected chi connectivity index (χ1v) is 9.32. The third-order valence-corrected chi connectivity index (χ3v) is 5.56. The van der Waals surface area contributed by atoms with Crippen molar-refractivity contribution in [3.63, 3.8) is 0 Å². The first-order valence-electron chi connectivity index (χ1n) is 7.84. The molecule has 2 N–H and O–H groups in total. The lowest BCUT2D eigenvalue weighted by atomic mass is 10.1. The van der Waals surface area contributed by atoms with E-state index in [2.05, 4.69) is 4.72 Å². The molecule has 25 heavy (non-hydrogen) atoms. The van der Waals surface area contributed by atoms with Crippen molar-refractivity contribution in [1.82, 2.24) is 4.72 Å². The summed E-state index contributed by atoms with van der Waals surface area (Å²) in [6, 6.07) is 13.7. The van der Waals surface area contributed by atoms with E-state index in [9.17, 15) is 13.2 Å². The number of likely N-dealkylation sites (N-methyl/N-ethyl adjacent to an activating group) is 1. The summed E-state index contributed by atoms with van der Waals surface area (Å²) >= 11 is 0. The third-order valence-electron chi connectivity index (χ3n) is 4.14. The predicted octanol–water partition coefficient (Wildman–Crippen LogP) is 2.50. The second-order valence-corrected chi connectivity index (χ2v) is 7.70. The Balaban J connectivity index is 2.11. The highest BCUT2D eigenvalue weighted by Gasteiger charge is 2.19. The molecule has 7 heteroatoms. The first kappa shape index (κ1) is 19.0. The topological polar surface area (TPSA) is 86.7 Å². The van der Waals surface area contributed by atoms with E-state index in [1.54, 1.807) is 6.92 Å². The summed E-state index contributed by atoms with van der Waals surface area (Å²) in [5, 5.41) is 9.15. The van der Waals surface area contributed by atoms with Gasteiger partial charge < -0.3 is 10.0 Å². The van der Waals surface area contributed by atoms with Crippen LogP contribution in [0.3, 0.4) is 0 Å². The van der Waals surface area contributed by atoms with Gasteiger partial charge in [-0.15, -0.1) is 0 Å². The summed E-state index contributed by atoms with van der Waals surface area (Å²) in [6.45, 7) is 3.74. The molecule has 2 aromatic carbocycles. The Labute approximate surface area is 148 Å². The fourth-order valence-electron chi connectivity index (χ4n) is 2.37. The lowest BCUT2D eigenvalue weighted by Gasteiger charge is -2.27. The number of carboxylic acids is 1. The summed E-state index contributed by atoms with van der Waals surface area (Å²) in [5.41, 5.74) is 1.48. The van der Waals surface area contributed by atoms with Crippen LogP contribution in [0, 0.1) is 6.92 Å². The summed E-state index contributed by atoms with van der Waals surface area (Å²) in [5.74, 6) is -1.15. The van der Waals surface area contributed by atoms with Crippen molar-refractivity contribution >= 4 is 21.7 Å². The molecule has 1 atom stereocenters.